The highest BCUT2D eigenvalue weighted by atomic mass is 19.4. The number of benzene rings is 1. The SMILES string of the molecule is FC(F)(F)COCCNC(c1ccccc1)C(F)(F)F. The van der Waals surface area contributed by atoms with E-state index < -0.39 is 31.6 Å². The fourth-order valence-corrected chi connectivity index (χ4v) is 1.53. The molecule has 0 aliphatic carbocycles. The molecule has 114 valence electrons. The molecule has 1 aromatic rings. The molecule has 1 rings (SSSR count). The number of nitrogens with one attached hydrogen (secondary N) is 1. The molecule has 0 aliphatic heterocycles. The van der Waals surface area contributed by atoms with Crippen LogP contribution >= 0.6 is 0 Å². The summed E-state index contributed by atoms with van der Waals surface area (Å²) < 4.78 is 78.0. The van der Waals surface area contributed by atoms with Gasteiger partial charge < -0.3 is 10.1 Å². The van der Waals surface area contributed by atoms with Crippen molar-refractivity contribution in [2.24, 2.45) is 0 Å². The van der Waals surface area contributed by atoms with Crippen LogP contribution in [0.1, 0.15) is 11.6 Å². The lowest BCUT2D eigenvalue weighted by molar-refractivity contribution is -0.176. The summed E-state index contributed by atoms with van der Waals surface area (Å²) in [6, 6.07) is 5.14. The summed E-state index contributed by atoms with van der Waals surface area (Å²) in [6.07, 6.45) is -9.02. The van der Waals surface area contributed by atoms with Gasteiger partial charge in [0.1, 0.15) is 12.6 Å². The van der Waals surface area contributed by atoms with Crippen molar-refractivity contribution in [2.75, 3.05) is 19.8 Å². The number of hydrogen-bond donors (Lipinski definition) is 1. The zero-order chi connectivity index (χ0) is 15.2. The van der Waals surface area contributed by atoms with E-state index in [-0.39, 0.29) is 12.1 Å². The van der Waals surface area contributed by atoms with Gasteiger partial charge in [0.2, 0.25) is 0 Å². The third-order valence-corrected chi connectivity index (χ3v) is 2.32. The van der Waals surface area contributed by atoms with E-state index in [1.165, 1.54) is 24.3 Å². The first kappa shape index (κ1) is 16.8. The second-order valence-corrected chi connectivity index (χ2v) is 4.01. The van der Waals surface area contributed by atoms with Gasteiger partial charge in [-0.15, -0.1) is 0 Å². The molecule has 0 heterocycles. The Morgan fingerprint density at radius 1 is 1.00 bits per heavy atom. The molecule has 8 heteroatoms. The molecule has 0 saturated carbocycles. The standard InChI is InChI=1S/C12H13F6NO/c13-11(14,15)8-20-7-6-19-10(12(16,17)18)9-4-2-1-3-5-9/h1-5,10,19H,6-8H2. The molecule has 0 spiro atoms. The van der Waals surface area contributed by atoms with E-state index in [2.05, 4.69) is 10.1 Å². The van der Waals surface area contributed by atoms with E-state index in [9.17, 15) is 26.3 Å². The van der Waals surface area contributed by atoms with Crippen molar-refractivity contribution in [3.05, 3.63) is 35.9 Å². The minimum atomic E-state index is -4.54. The van der Waals surface area contributed by atoms with E-state index in [4.69, 9.17) is 0 Å². The fourth-order valence-electron chi connectivity index (χ4n) is 1.53. The molecule has 0 saturated heterocycles. The molecule has 2 nitrogen and oxygen atoms in total. The number of rotatable bonds is 6. The van der Waals surface area contributed by atoms with E-state index in [1.807, 2.05) is 0 Å². The van der Waals surface area contributed by atoms with Crippen molar-refractivity contribution in [3.63, 3.8) is 0 Å². The summed E-state index contributed by atoms with van der Waals surface area (Å²) in [5.74, 6) is 0. The van der Waals surface area contributed by atoms with Crippen molar-refractivity contribution < 1.29 is 31.1 Å². The zero-order valence-electron chi connectivity index (χ0n) is 10.3. The number of halogens is 6. The van der Waals surface area contributed by atoms with Crippen LogP contribution in [0.3, 0.4) is 0 Å². The monoisotopic (exact) mass is 301 g/mol. The van der Waals surface area contributed by atoms with E-state index in [0.717, 1.165) is 0 Å². The second kappa shape index (κ2) is 6.94. The van der Waals surface area contributed by atoms with Crippen LogP contribution < -0.4 is 5.32 Å². The molecule has 0 bridgehead atoms. The first-order valence-corrected chi connectivity index (χ1v) is 5.70. The Kier molecular flexibility index (Phi) is 5.82. The third kappa shape index (κ3) is 6.25. The van der Waals surface area contributed by atoms with Gasteiger partial charge in [-0.05, 0) is 5.56 Å². The van der Waals surface area contributed by atoms with Crippen LogP contribution in [0.25, 0.3) is 0 Å². The highest BCUT2D eigenvalue weighted by Gasteiger charge is 2.40. The molecule has 0 amide bonds. The smallest absolute Gasteiger partial charge is 0.371 e. The number of ether oxygens (including phenoxy) is 1. The quantitative estimate of drug-likeness (QED) is 0.642. The minimum absolute atomic E-state index is 0.00387. The highest BCUT2D eigenvalue weighted by molar-refractivity contribution is 5.20. The maximum atomic E-state index is 12.8. The predicted molar refractivity (Wildman–Crippen MR) is 60.1 cm³/mol. The molecule has 1 atom stereocenters. The highest BCUT2D eigenvalue weighted by Crippen LogP contribution is 2.32. The van der Waals surface area contributed by atoms with Crippen LogP contribution in [0.15, 0.2) is 30.3 Å². The van der Waals surface area contributed by atoms with E-state index in [1.54, 1.807) is 6.07 Å². The molecule has 1 N–H and O–H groups in total. The summed E-state index contributed by atoms with van der Waals surface area (Å²) in [6.45, 7) is -2.27. The van der Waals surface area contributed by atoms with Crippen molar-refractivity contribution in [3.8, 4) is 0 Å². The zero-order valence-corrected chi connectivity index (χ0v) is 10.3. The lowest BCUT2D eigenvalue weighted by Gasteiger charge is -2.22. The lowest BCUT2D eigenvalue weighted by Crippen LogP contribution is -2.36. The van der Waals surface area contributed by atoms with E-state index in [0.29, 0.717) is 0 Å². The van der Waals surface area contributed by atoms with Crippen LogP contribution in [0, 0.1) is 0 Å². The van der Waals surface area contributed by atoms with Crippen molar-refractivity contribution in [1.29, 1.82) is 0 Å². The molecule has 20 heavy (non-hydrogen) atoms. The maximum absolute atomic E-state index is 12.8. The van der Waals surface area contributed by atoms with Gasteiger partial charge in [-0.1, -0.05) is 30.3 Å². The van der Waals surface area contributed by atoms with Crippen LogP contribution in [-0.2, 0) is 4.74 Å². The van der Waals surface area contributed by atoms with Crippen molar-refractivity contribution in [2.45, 2.75) is 18.4 Å². The Hall–Kier alpha value is -1.28. The fraction of sp³-hybridized carbons (Fsp3) is 0.500. The van der Waals surface area contributed by atoms with Gasteiger partial charge in [0.15, 0.2) is 0 Å². The Bertz CT molecular complexity index is 389. The van der Waals surface area contributed by atoms with Crippen LogP contribution in [0.4, 0.5) is 26.3 Å². The molecule has 0 aliphatic rings. The lowest BCUT2D eigenvalue weighted by atomic mass is 10.1. The molecule has 0 fully saturated rings. The average Bonchev–Trinajstić information content (AvgIpc) is 2.32. The third-order valence-electron chi connectivity index (χ3n) is 2.32. The second-order valence-electron chi connectivity index (χ2n) is 4.01. The average molecular weight is 301 g/mol. The van der Waals surface area contributed by atoms with Gasteiger partial charge in [-0.3, -0.25) is 0 Å². The van der Waals surface area contributed by atoms with Gasteiger partial charge in [0, 0.05) is 6.54 Å². The van der Waals surface area contributed by atoms with Crippen molar-refractivity contribution in [1.82, 2.24) is 5.32 Å². The number of hydrogen-bond acceptors (Lipinski definition) is 2. The van der Waals surface area contributed by atoms with Gasteiger partial charge >= 0.3 is 12.4 Å². The van der Waals surface area contributed by atoms with Gasteiger partial charge in [0.05, 0.1) is 6.61 Å². The van der Waals surface area contributed by atoms with Crippen LogP contribution in [-0.4, -0.2) is 32.1 Å². The van der Waals surface area contributed by atoms with Crippen LogP contribution in [0.2, 0.25) is 0 Å². The maximum Gasteiger partial charge on any atom is 0.411 e. The van der Waals surface area contributed by atoms with Crippen molar-refractivity contribution >= 4 is 0 Å². The molecular formula is C12H13F6NO. The summed E-state index contributed by atoms with van der Waals surface area (Å²) in [7, 11) is 0. The summed E-state index contributed by atoms with van der Waals surface area (Å²) in [5, 5.41) is 2.14. The van der Waals surface area contributed by atoms with E-state index >= 15 is 0 Å². The molecule has 0 aromatic heterocycles. The molecular weight excluding hydrogens is 288 g/mol. The van der Waals surface area contributed by atoms with Crippen LogP contribution in [0.5, 0.6) is 0 Å². The first-order chi connectivity index (χ1) is 9.20. The van der Waals surface area contributed by atoms with Gasteiger partial charge in [0.25, 0.3) is 0 Å². The first-order valence-electron chi connectivity index (χ1n) is 5.70. The Balaban J connectivity index is 2.48. The normalized spacial score (nSPS) is 14.3. The molecule has 1 aromatic carbocycles. The topological polar surface area (TPSA) is 21.3 Å². The summed E-state index contributed by atoms with van der Waals surface area (Å²) in [4.78, 5) is 0. The molecule has 1 unspecified atom stereocenters. The summed E-state index contributed by atoms with van der Waals surface area (Å²) >= 11 is 0. The molecule has 0 radical (unpaired) electrons. The largest absolute Gasteiger partial charge is 0.411 e. The minimum Gasteiger partial charge on any atom is -0.371 e. The summed E-state index contributed by atoms with van der Waals surface area (Å²) in [5.41, 5.74) is -0.00387. The Labute approximate surface area is 111 Å². The Morgan fingerprint density at radius 2 is 1.60 bits per heavy atom. The number of alkyl halides is 6. The Morgan fingerprint density at radius 3 is 2.10 bits per heavy atom. The predicted octanol–water partition coefficient (Wildman–Crippen LogP) is 3.46. The van der Waals surface area contributed by atoms with Gasteiger partial charge in [-0.25, -0.2) is 0 Å². The van der Waals surface area contributed by atoms with Gasteiger partial charge in [-0.2, -0.15) is 26.3 Å².